The molecule has 5 rings (SSSR count). The van der Waals surface area contributed by atoms with Gasteiger partial charge in [0, 0.05) is 25.0 Å². The predicted molar refractivity (Wildman–Crippen MR) is 129 cm³/mol. The summed E-state index contributed by atoms with van der Waals surface area (Å²) in [6, 6.07) is 12.5. The fraction of sp³-hybridized carbons (Fsp3) is 0.519. The smallest absolute Gasteiger partial charge is 0.271 e. The van der Waals surface area contributed by atoms with Gasteiger partial charge in [0.1, 0.15) is 0 Å². The zero-order valence-corrected chi connectivity index (χ0v) is 18.9. The fourth-order valence-corrected chi connectivity index (χ4v) is 5.78. The molecule has 0 atom stereocenters. The number of benzene rings is 1. The number of piperidine rings is 1. The van der Waals surface area contributed by atoms with E-state index in [0.717, 1.165) is 50.6 Å². The van der Waals surface area contributed by atoms with Crippen LogP contribution in [0.2, 0.25) is 0 Å². The van der Waals surface area contributed by atoms with Crippen LogP contribution in [0.25, 0.3) is 6.08 Å². The summed E-state index contributed by atoms with van der Waals surface area (Å²) in [7, 11) is 0. The first kappa shape index (κ1) is 21.2. The second-order valence-corrected chi connectivity index (χ2v) is 9.74. The lowest BCUT2D eigenvalue weighted by Crippen LogP contribution is -2.41. The van der Waals surface area contributed by atoms with Crippen LogP contribution in [-0.2, 0) is 5.41 Å². The zero-order valence-electron chi connectivity index (χ0n) is 18.9. The molecular formula is C27H34N4O. The van der Waals surface area contributed by atoms with Gasteiger partial charge in [0.15, 0.2) is 11.5 Å². The number of nitrogens with zero attached hydrogens (tertiary/aromatic N) is 3. The number of hydrogen-bond acceptors (Lipinski definition) is 4. The van der Waals surface area contributed by atoms with Crippen LogP contribution in [0.5, 0.6) is 0 Å². The molecule has 2 fully saturated rings. The highest BCUT2D eigenvalue weighted by Crippen LogP contribution is 2.44. The van der Waals surface area contributed by atoms with Crippen molar-refractivity contribution in [1.29, 1.82) is 0 Å². The fourth-order valence-electron chi connectivity index (χ4n) is 5.78. The highest BCUT2D eigenvalue weighted by atomic mass is 16.1. The number of fused-ring (bicyclic) bond motifs is 2. The SMILES string of the molecule is O=C(NCCCC1CCCCC1)c1ccc(N2CCC3(C=Cc4ccccc43)CC2)nn1. The van der Waals surface area contributed by atoms with E-state index >= 15 is 0 Å². The molecule has 1 aromatic carbocycles. The normalized spacial score (nSPS) is 19.8. The second-order valence-electron chi connectivity index (χ2n) is 9.74. The van der Waals surface area contributed by atoms with Gasteiger partial charge >= 0.3 is 0 Å². The van der Waals surface area contributed by atoms with Gasteiger partial charge in [0.25, 0.3) is 5.91 Å². The van der Waals surface area contributed by atoms with Gasteiger partial charge in [0.2, 0.25) is 0 Å². The number of amides is 1. The third-order valence-corrected chi connectivity index (χ3v) is 7.74. The number of carbonyl (C=O) groups excluding carboxylic acids is 1. The van der Waals surface area contributed by atoms with Crippen molar-refractivity contribution in [2.75, 3.05) is 24.5 Å². The molecule has 2 aliphatic carbocycles. The average molecular weight is 431 g/mol. The van der Waals surface area contributed by atoms with Gasteiger partial charge in [-0.2, -0.15) is 0 Å². The Bertz CT molecular complexity index is 954. The van der Waals surface area contributed by atoms with Crippen molar-refractivity contribution in [1.82, 2.24) is 15.5 Å². The molecule has 1 aliphatic heterocycles. The van der Waals surface area contributed by atoms with Crippen LogP contribution < -0.4 is 10.2 Å². The topological polar surface area (TPSA) is 58.1 Å². The largest absolute Gasteiger partial charge is 0.355 e. The molecule has 0 bridgehead atoms. The Morgan fingerprint density at radius 2 is 1.84 bits per heavy atom. The minimum absolute atomic E-state index is 0.113. The maximum atomic E-state index is 12.4. The zero-order chi connectivity index (χ0) is 21.8. The Kier molecular flexibility index (Phi) is 6.24. The summed E-state index contributed by atoms with van der Waals surface area (Å²) in [5.41, 5.74) is 3.39. The van der Waals surface area contributed by atoms with E-state index in [2.05, 4.69) is 56.8 Å². The minimum atomic E-state index is -0.113. The summed E-state index contributed by atoms with van der Waals surface area (Å²) in [6.07, 6.45) is 16.0. The summed E-state index contributed by atoms with van der Waals surface area (Å²) in [6.45, 7) is 2.61. The lowest BCUT2D eigenvalue weighted by Gasteiger charge is -2.39. The Morgan fingerprint density at radius 1 is 1.03 bits per heavy atom. The Morgan fingerprint density at radius 3 is 2.62 bits per heavy atom. The van der Waals surface area contributed by atoms with Crippen molar-refractivity contribution < 1.29 is 4.79 Å². The standard InChI is InChI=1S/C27H34N4O/c32-26(28-18-6-9-21-7-2-1-3-8-21)24-12-13-25(30-29-24)31-19-16-27(17-20-31)15-14-22-10-4-5-11-23(22)27/h4-5,10-15,21H,1-3,6-9,16-20H2,(H,28,32). The van der Waals surface area contributed by atoms with E-state index in [1.54, 1.807) is 0 Å². The quantitative estimate of drug-likeness (QED) is 0.645. The van der Waals surface area contributed by atoms with Crippen molar-refractivity contribution in [2.24, 2.45) is 5.92 Å². The predicted octanol–water partition coefficient (Wildman–Crippen LogP) is 5.13. The maximum Gasteiger partial charge on any atom is 0.271 e. The first-order chi connectivity index (χ1) is 15.7. The van der Waals surface area contributed by atoms with Crippen molar-refractivity contribution in [2.45, 2.75) is 63.2 Å². The molecule has 0 unspecified atom stereocenters. The summed E-state index contributed by atoms with van der Waals surface area (Å²) >= 11 is 0. The number of hydrogen-bond donors (Lipinski definition) is 1. The van der Waals surface area contributed by atoms with E-state index in [-0.39, 0.29) is 11.3 Å². The number of nitrogens with one attached hydrogen (secondary N) is 1. The molecule has 1 spiro atoms. The van der Waals surface area contributed by atoms with E-state index in [1.807, 2.05) is 12.1 Å². The maximum absolute atomic E-state index is 12.4. The Balaban J connectivity index is 1.10. The average Bonchev–Trinajstić information content (AvgIpc) is 3.21. The Hall–Kier alpha value is -2.69. The van der Waals surface area contributed by atoms with Crippen molar-refractivity contribution in [3.8, 4) is 0 Å². The van der Waals surface area contributed by atoms with Gasteiger partial charge in [-0.3, -0.25) is 4.79 Å². The monoisotopic (exact) mass is 430 g/mol. The summed E-state index contributed by atoms with van der Waals surface area (Å²) in [4.78, 5) is 14.7. The van der Waals surface area contributed by atoms with Gasteiger partial charge < -0.3 is 10.2 Å². The van der Waals surface area contributed by atoms with E-state index in [0.29, 0.717) is 5.69 Å². The number of anilines is 1. The van der Waals surface area contributed by atoms with Crippen molar-refractivity contribution in [3.63, 3.8) is 0 Å². The molecule has 3 aliphatic rings. The molecule has 1 amide bonds. The number of carbonyl (C=O) groups is 1. The van der Waals surface area contributed by atoms with Crippen LogP contribution in [0.4, 0.5) is 5.82 Å². The summed E-state index contributed by atoms with van der Waals surface area (Å²) in [5, 5.41) is 11.6. The van der Waals surface area contributed by atoms with Gasteiger partial charge in [0.05, 0.1) is 0 Å². The molecule has 1 saturated heterocycles. The van der Waals surface area contributed by atoms with Gasteiger partial charge in [-0.15, -0.1) is 10.2 Å². The molecule has 5 nitrogen and oxygen atoms in total. The Labute approximate surface area is 191 Å². The molecule has 2 aromatic rings. The molecule has 1 N–H and O–H groups in total. The van der Waals surface area contributed by atoms with E-state index < -0.39 is 0 Å². The number of allylic oxidation sites excluding steroid dienone is 1. The van der Waals surface area contributed by atoms with E-state index in [4.69, 9.17) is 0 Å². The molecule has 32 heavy (non-hydrogen) atoms. The summed E-state index contributed by atoms with van der Waals surface area (Å²) < 4.78 is 0. The molecule has 0 radical (unpaired) electrons. The van der Waals surface area contributed by atoms with E-state index in [9.17, 15) is 4.79 Å². The van der Waals surface area contributed by atoms with Crippen LogP contribution in [0, 0.1) is 5.92 Å². The third kappa shape index (κ3) is 4.43. The van der Waals surface area contributed by atoms with Gasteiger partial charge in [-0.25, -0.2) is 0 Å². The third-order valence-electron chi connectivity index (χ3n) is 7.74. The lowest BCUT2D eigenvalue weighted by atomic mass is 9.74. The molecule has 168 valence electrons. The van der Waals surface area contributed by atoms with Gasteiger partial charge in [-0.05, 0) is 54.9 Å². The second kappa shape index (κ2) is 9.43. The number of aromatic nitrogens is 2. The van der Waals surface area contributed by atoms with Crippen LogP contribution in [-0.4, -0.2) is 35.7 Å². The molecule has 2 heterocycles. The van der Waals surface area contributed by atoms with E-state index in [1.165, 1.54) is 49.7 Å². The molecular weight excluding hydrogens is 396 g/mol. The lowest BCUT2D eigenvalue weighted by molar-refractivity contribution is 0.0946. The molecule has 1 saturated carbocycles. The number of rotatable bonds is 6. The van der Waals surface area contributed by atoms with Crippen LogP contribution in [0.1, 0.15) is 79.4 Å². The summed E-state index contributed by atoms with van der Waals surface area (Å²) in [5.74, 6) is 1.61. The molecule has 5 heteroatoms. The van der Waals surface area contributed by atoms with Crippen LogP contribution >= 0.6 is 0 Å². The van der Waals surface area contributed by atoms with Crippen molar-refractivity contribution >= 4 is 17.8 Å². The highest BCUT2D eigenvalue weighted by Gasteiger charge is 2.38. The molecule has 1 aromatic heterocycles. The van der Waals surface area contributed by atoms with Crippen molar-refractivity contribution in [3.05, 3.63) is 59.3 Å². The van der Waals surface area contributed by atoms with Crippen LogP contribution in [0.3, 0.4) is 0 Å². The first-order valence-electron chi connectivity index (χ1n) is 12.4. The first-order valence-corrected chi connectivity index (χ1v) is 12.4. The highest BCUT2D eigenvalue weighted by molar-refractivity contribution is 5.92. The minimum Gasteiger partial charge on any atom is -0.355 e. The van der Waals surface area contributed by atoms with Gasteiger partial charge in [-0.1, -0.05) is 68.5 Å². The van der Waals surface area contributed by atoms with Crippen LogP contribution in [0.15, 0.2) is 42.5 Å².